The van der Waals surface area contributed by atoms with Gasteiger partial charge in [0.15, 0.2) is 0 Å². The Labute approximate surface area is 138 Å². The summed E-state index contributed by atoms with van der Waals surface area (Å²) in [5.41, 5.74) is 1.91. The highest BCUT2D eigenvalue weighted by molar-refractivity contribution is 5.88. The molecule has 124 valence electrons. The minimum Gasteiger partial charge on any atom is -0.478 e. The number of carbonyl (C=O) groups excluding carboxylic acids is 1. The first-order valence-electron chi connectivity index (χ1n) is 7.55. The molecule has 2 aromatic rings. The number of fused-ring (bicyclic) bond motifs is 1. The van der Waals surface area contributed by atoms with E-state index in [1.165, 1.54) is 17.0 Å². The van der Waals surface area contributed by atoms with Crippen molar-refractivity contribution in [3.8, 4) is 0 Å². The van der Waals surface area contributed by atoms with Crippen molar-refractivity contribution in [2.45, 2.75) is 19.6 Å². The number of benzene rings is 2. The number of halogens is 1. The minimum absolute atomic E-state index is 0.176. The molecule has 5 nitrogen and oxygen atoms in total. The summed E-state index contributed by atoms with van der Waals surface area (Å²) in [4.78, 5) is 24.6. The van der Waals surface area contributed by atoms with Crippen LogP contribution in [-0.4, -0.2) is 28.6 Å². The fourth-order valence-electron chi connectivity index (χ4n) is 2.71. The van der Waals surface area contributed by atoms with Crippen molar-refractivity contribution >= 4 is 12.1 Å². The number of carbonyl (C=O) groups is 2. The lowest BCUT2D eigenvalue weighted by Crippen LogP contribution is -2.36. The molecular formula is C18H16FNO4. The van der Waals surface area contributed by atoms with Crippen LogP contribution < -0.4 is 0 Å². The molecule has 0 fully saturated rings. The number of hydrogen-bond donors (Lipinski definition) is 1. The predicted octanol–water partition coefficient (Wildman–Crippen LogP) is 3.22. The molecule has 6 heteroatoms. The summed E-state index contributed by atoms with van der Waals surface area (Å²) in [5.74, 6) is -2.08. The molecule has 0 aliphatic carbocycles. The van der Waals surface area contributed by atoms with Crippen LogP contribution in [0.5, 0.6) is 0 Å². The second-order valence-electron chi connectivity index (χ2n) is 5.62. The second kappa shape index (κ2) is 6.70. The van der Waals surface area contributed by atoms with E-state index < -0.39 is 17.9 Å². The van der Waals surface area contributed by atoms with E-state index in [0.717, 1.165) is 11.1 Å². The summed E-state index contributed by atoms with van der Waals surface area (Å²) in [5, 5.41) is 8.96. The number of carboxylic acids is 1. The normalized spacial score (nSPS) is 13.3. The first-order chi connectivity index (χ1) is 11.5. The van der Waals surface area contributed by atoms with Gasteiger partial charge in [0.05, 0.1) is 5.56 Å². The fourth-order valence-corrected chi connectivity index (χ4v) is 2.71. The molecule has 0 bridgehead atoms. The lowest BCUT2D eigenvalue weighted by Gasteiger charge is -2.28. The van der Waals surface area contributed by atoms with Crippen molar-refractivity contribution in [1.82, 2.24) is 4.90 Å². The molecule has 0 saturated carbocycles. The zero-order valence-electron chi connectivity index (χ0n) is 12.9. The largest absolute Gasteiger partial charge is 0.478 e. The number of carboxylic acid groups (broad SMARTS) is 1. The molecule has 24 heavy (non-hydrogen) atoms. The molecule has 0 saturated heterocycles. The lowest BCUT2D eigenvalue weighted by molar-refractivity contribution is 0.0690. The number of rotatable bonds is 3. The maximum atomic E-state index is 13.8. The van der Waals surface area contributed by atoms with Gasteiger partial charge in [-0.2, -0.15) is 0 Å². The molecule has 0 spiro atoms. The molecule has 1 heterocycles. The molecule has 2 aromatic carbocycles. The average molecular weight is 329 g/mol. The van der Waals surface area contributed by atoms with Gasteiger partial charge in [0.25, 0.3) is 0 Å². The highest BCUT2D eigenvalue weighted by atomic mass is 19.1. The maximum absolute atomic E-state index is 13.8. The van der Waals surface area contributed by atoms with Gasteiger partial charge >= 0.3 is 12.1 Å². The fraction of sp³-hybridized carbons (Fsp3) is 0.222. The molecule has 1 aliphatic heterocycles. The number of nitrogens with zero attached hydrogens (tertiary/aromatic N) is 1. The van der Waals surface area contributed by atoms with Crippen LogP contribution in [0.3, 0.4) is 0 Å². The number of amides is 1. The molecule has 0 radical (unpaired) electrons. The highest BCUT2D eigenvalue weighted by Crippen LogP contribution is 2.23. The Bertz CT molecular complexity index is 776. The van der Waals surface area contributed by atoms with E-state index in [9.17, 15) is 14.0 Å². The quantitative estimate of drug-likeness (QED) is 0.939. The van der Waals surface area contributed by atoms with Crippen LogP contribution in [-0.2, 0) is 24.3 Å². The van der Waals surface area contributed by atoms with E-state index in [-0.39, 0.29) is 18.7 Å². The van der Waals surface area contributed by atoms with Gasteiger partial charge in [0, 0.05) is 13.1 Å². The molecule has 0 atom stereocenters. The van der Waals surface area contributed by atoms with Gasteiger partial charge in [-0.05, 0) is 35.2 Å². The zero-order valence-corrected chi connectivity index (χ0v) is 12.9. The topological polar surface area (TPSA) is 66.8 Å². The Kier molecular flexibility index (Phi) is 4.46. The smallest absolute Gasteiger partial charge is 0.410 e. The summed E-state index contributed by atoms with van der Waals surface area (Å²) >= 11 is 0. The van der Waals surface area contributed by atoms with Gasteiger partial charge < -0.3 is 14.7 Å². The Morgan fingerprint density at radius 2 is 1.92 bits per heavy atom. The molecule has 0 unspecified atom stereocenters. The Morgan fingerprint density at radius 1 is 1.17 bits per heavy atom. The van der Waals surface area contributed by atoms with Crippen LogP contribution in [0.25, 0.3) is 0 Å². The summed E-state index contributed by atoms with van der Waals surface area (Å²) in [6.45, 7) is 0.792. The first-order valence-corrected chi connectivity index (χ1v) is 7.55. The summed E-state index contributed by atoms with van der Waals surface area (Å²) < 4.78 is 19.1. The number of ether oxygens (including phenoxy) is 1. The van der Waals surface area contributed by atoms with Crippen molar-refractivity contribution in [2.75, 3.05) is 6.54 Å². The summed E-state index contributed by atoms with van der Waals surface area (Å²) in [6.07, 6.45) is 0.00305. The molecule has 0 aromatic heterocycles. The lowest BCUT2D eigenvalue weighted by atomic mass is 9.97. The number of hydrogen-bond acceptors (Lipinski definition) is 3. The molecule has 3 rings (SSSR count). The van der Waals surface area contributed by atoms with Gasteiger partial charge in [-0.1, -0.05) is 30.3 Å². The van der Waals surface area contributed by atoms with Crippen LogP contribution in [0.1, 0.15) is 27.0 Å². The third-order valence-corrected chi connectivity index (χ3v) is 4.00. The highest BCUT2D eigenvalue weighted by Gasteiger charge is 2.24. The predicted molar refractivity (Wildman–Crippen MR) is 84.1 cm³/mol. The van der Waals surface area contributed by atoms with E-state index in [2.05, 4.69) is 0 Å². The van der Waals surface area contributed by atoms with Gasteiger partial charge in [0.1, 0.15) is 12.4 Å². The minimum atomic E-state index is -1.29. The van der Waals surface area contributed by atoms with Crippen molar-refractivity contribution in [2.24, 2.45) is 0 Å². The van der Waals surface area contributed by atoms with Crippen LogP contribution >= 0.6 is 0 Å². The van der Waals surface area contributed by atoms with E-state index >= 15 is 0 Å². The standard InChI is InChI=1S/C18H16FNO4/c19-16-9-14-10-20(7-6-13(14)8-15(16)17(21)22)18(23)24-11-12-4-2-1-3-5-12/h1-5,8-9H,6-7,10-11H2,(H,21,22). The third-order valence-electron chi connectivity index (χ3n) is 4.00. The van der Waals surface area contributed by atoms with E-state index in [1.54, 1.807) is 0 Å². The molecule has 1 amide bonds. The van der Waals surface area contributed by atoms with Crippen molar-refractivity contribution in [3.05, 3.63) is 70.5 Å². The monoisotopic (exact) mass is 329 g/mol. The third kappa shape index (κ3) is 3.37. The average Bonchev–Trinajstić information content (AvgIpc) is 2.59. The van der Waals surface area contributed by atoms with Gasteiger partial charge in [-0.3, -0.25) is 0 Å². The van der Waals surface area contributed by atoms with Gasteiger partial charge in [0.2, 0.25) is 0 Å². The van der Waals surface area contributed by atoms with Crippen LogP contribution in [0.4, 0.5) is 9.18 Å². The van der Waals surface area contributed by atoms with Crippen molar-refractivity contribution < 1.29 is 23.8 Å². The van der Waals surface area contributed by atoms with Gasteiger partial charge in [-0.25, -0.2) is 14.0 Å². The van der Waals surface area contributed by atoms with E-state index in [1.807, 2.05) is 30.3 Å². The maximum Gasteiger partial charge on any atom is 0.410 e. The Hall–Kier alpha value is -2.89. The van der Waals surface area contributed by atoms with Gasteiger partial charge in [-0.15, -0.1) is 0 Å². The first kappa shape index (κ1) is 16.0. The Morgan fingerprint density at radius 3 is 2.62 bits per heavy atom. The molecule has 1 N–H and O–H groups in total. The Balaban J connectivity index is 1.67. The summed E-state index contributed by atoms with van der Waals surface area (Å²) in [7, 11) is 0. The van der Waals surface area contributed by atoms with Crippen molar-refractivity contribution in [3.63, 3.8) is 0 Å². The van der Waals surface area contributed by atoms with Crippen molar-refractivity contribution in [1.29, 1.82) is 0 Å². The van der Waals surface area contributed by atoms with E-state index in [0.29, 0.717) is 18.5 Å². The zero-order chi connectivity index (χ0) is 17.1. The van der Waals surface area contributed by atoms with Crippen LogP contribution in [0, 0.1) is 5.82 Å². The SMILES string of the molecule is O=C(O)c1cc2c(cc1F)CN(C(=O)OCc1ccccc1)CC2. The number of aromatic carboxylic acids is 1. The van der Waals surface area contributed by atoms with Crippen LogP contribution in [0.2, 0.25) is 0 Å². The molecular weight excluding hydrogens is 313 g/mol. The van der Waals surface area contributed by atoms with Crippen LogP contribution in [0.15, 0.2) is 42.5 Å². The summed E-state index contributed by atoms with van der Waals surface area (Å²) in [6, 6.07) is 11.9. The molecule has 1 aliphatic rings. The van der Waals surface area contributed by atoms with E-state index in [4.69, 9.17) is 9.84 Å². The second-order valence-corrected chi connectivity index (χ2v) is 5.62.